The second kappa shape index (κ2) is 7.98. The Morgan fingerprint density at radius 3 is 2.30 bits per heavy atom. The van der Waals surface area contributed by atoms with Gasteiger partial charge in [-0.1, -0.05) is 65.7 Å². The Balaban J connectivity index is 1.93. The van der Waals surface area contributed by atoms with Crippen molar-refractivity contribution in [3.63, 3.8) is 0 Å². The molecule has 150 valence electrons. The first-order valence-corrected chi connectivity index (χ1v) is 10.0. The summed E-state index contributed by atoms with van der Waals surface area (Å²) in [6.07, 6.45) is 0. The van der Waals surface area contributed by atoms with E-state index in [2.05, 4.69) is 0 Å². The number of halogens is 2. The fourth-order valence-corrected chi connectivity index (χ4v) is 4.13. The number of carbonyl (C=O) groups excluding carboxylic acids is 2. The van der Waals surface area contributed by atoms with Crippen molar-refractivity contribution >= 4 is 40.6 Å². The molecular weight excluding hydrogens is 421 g/mol. The van der Waals surface area contributed by atoms with E-state index in [1.807, 2.05) is 6.92 Å². The zero-order valence-electron chi connectivity index (χ0n) is 16.0. The minimum Gasteiger partial charge on any atom is -0.503 e. The normalized spacial score (nSPS) is 16.3. The van der Waals surface area contributed by atoms with E-state index in [4.69, 9.17) is 23.2 Å². The number of aliphatic hydroxyl groups is 1. The van der Waals surface area contributed by atoms with E-state index in [9.17, 15) is 14.7 Å². The minimum atomic E-state index is -0.819. The van der Waals surface area contributed by atoms with Gasteiger partial charge in [0.1, 0.15) is 0 Å². The Labute approximate surface area is 184 Å². The van der Waals surface area contributed by atoms with Crippen LogP contribution in [-0.2, 0) is 4.79 Å². The van der Waals surface area contributed by atoms with E-state index in [1.165, 1.54) is 4.90 Å². The number of Topliss-reactive ketones (excluding diaryl/α,β-unsaturated/α-hetero) is 1. The van der Waals surface area contributed by atoms with E-state index in [1.54, 1.807) is 72.8 Å². The van der Waals surface area contributed by atoms with Crippen LogP contribution in [0.4, 0.5) is 5.69 Å². The molecular formula is C24H17Cl2NO3. The molecule has 4 nitrogen and oxygen atoms in total. The predicted molar refractivity (Wildman–Crippen MR) is 118 cm³/mol. The van der Waals surface area contributed by atoms with Crippen LogP contribution >= 0.6 is 23.2 Å². The Kier molecular flexibility index (Phi) is 5.37. The molecule has 30 heavy (non-hydrogen) atoms. The lowest BCUT2D eigenvalue weighted by atomic mass is 9.90. The van der Waals surface area contributed by atoms with E-state index in [0.717, 1.165) is 5.56 Å². The highest BCUT2D eigenvalue weighted by atomic mass is 35.5. The Bertz CT molecular complexity index is 1190. The molecule has 0 fully saturated rings. The maximum atomic E-state index is 13.4. The monoisotopic (exact) mass is 437 g/mol. The molecule has 1 aliphatic heterocycles. The molecule has 0 spiro atoms. The smallest absolute Gasteiger partial charge is 0.294 e. The Morgan fingerprint density at radius 1 is 0.933 bits per heavy atom. The van der Waals surface area contributed by atoms with Crippen LogP contribution in [0, 0.1) is 6.92 Å². The number of rotatable bonds is 4. The van der Waals surface area contributed by atoms with Crippen molar-refractivity contribution in [2.45, 2.75) is 13.0 Å². The summed E-state index contributed by atoms with van der Waals surface area (Å²) in [7, 11) is 0. The summed E-state index contributed by atoms with van der Waals surface area (Å²) in [5, 5.41) is 11.8. The number of hydrogen-bond donors (Lipinski definition) is 1. The van der Waals surface area contributed by atoms with Crippen molar-refractivity contribution in [2.75, 3.05) is 4.90 Å². The molecule has 3 aromatic rings. The molecule has 0 saturated carbocycles. The lowest BCUT2D eigenvalue weighted by Gasteiger charge is -2.28. The van der Waals surface area contributed by atoms with Crippen LogP contribution in [0.1, 0.15) is 27.5 Å². The SMILES string of the molecule is Cc1cc(Cl)ccc1C1C(C(=O)c2ccccc2)=C(O)C(=O)N1c1cccc(Cl)c1. The second-order valence-electron chi connectivity index (χ2n) is 7.02. The minimum absolute atomic E-state index is 0.0246. The van der Waals surface area contributed by atoms with Crippen molar-refractivity contribution in [3.8, 4) is 0 Å². The highest BCUT2D eigenvalue weighted by molar-refractivity contribution is 6.31. The summed E-state index contributed by atoms with van der Waals surface area (Å²) in [6.45, 7) is 1.85. The number of aryl methyl sites for hydroxylation is 1. The zero-order valence-corrected chi connectivity index (χ0v) is 17.5. The molecule has 4 rings (SSSR count). The fourth-order valence-electron chi connectivity index (χ4n) is 3.71. The van der Waals surface area contributed by atoms with Crippen LogP contribution < -0.4 is 4.90 Å². The number of ketones is 1. The summed E-state index contributed by atoms with van der Waals surface area (Å²) in [5.41, 5.74) is 2.37. The molecule has 0 bridgehead atoms. The number of amides is 1. The van der Waals surface area contributed by atoms with Crippen LogP contribution in [0.15, 0.2) is 84.1 Å². The van der Waals surface area contributed by atoms with Gasteiger partial charge < -0.3 is 5.11 Å². The molecule has 1 amide bonds. The van der Waals surface area contributed by atoms with Gasteiger partial charge in [-0.05, 0) is 48.4 Å². The first kappa shape index (κ1) is 20.2. The van der Waals surface area contributed by atoms with Crippen LogP contribution in [0.5, 0.6) is 0 Å². The molecule has 6 heteroatoms. The molecule has 1 heterocycles. The topological polar surface area (TPSA) is 57.6 Å². The van der Waals surface area contributed by atoms with Gasteiger partial charge in [0.25, 0.3) is 5.91 Å². The van der Waals surface area contributed by atoms with Crippen LogP contribution in [0.25, 0.3) is 0 Å². The molecule has 0 aromatic heterocycles. The molecule has 3 aromatic carbocycles. The Morgan fingerprint density at radius 2 is 1.63 bits per heavy atom. The number of aliphatic hydroxyl groups excluding tert-OH is 1. The highest BCUT2D eigenvalue weighted by Crippen LogP contribution is 2.43. The van der Waals surface area contributed by atoms with Gasteiger partial charge in [-0.25, -0.2) is 0 Å². The van der Waals surface area contributed by atoms with Crippen LogP contribution in [0.3, 0.4) is 0 Å². The molecule has 0 saturated heterocycles. The molecule has 1 unspecified atom stereocenters. The lowest BCUT2D eigenvalue weighted by molar-refractivity contribution is -0.117. The second-order valence-corrected chi connectivity index (χ2v) is 7.89. The van der Waals surface area contributed by atoms with E-state index < -0.39 is 23.5 Å². The summed E-state index contributed by atoms with van der Waals surface area (Å²) in [4.78, 5) is 27.9. The van der Waals surface area contributed by atoms with Gasteiger partial charge in [0.05, 0.1) is 11.6 Å². The Hall–Kier alpha value is -3.08. The van der Waals surface area contributed by atoms with Gasteiger partial charge in [-0.15, -0.1) is 0 Å². The quantitative estimate of drug-likeness (QED) is 0.502. The maximum Gasteiger partial charge on any atom is 0.294 e. The summed E-state index contributed by atoms with van der Waals surface area (Å²) >= 11 is 12.3. The average Bonchev–Trinajstić information content (AvgIpc) is 2.99. The third kappa shape index (κ3) is 3.49. The maximum absolute atomic E-state index is 13.4. The predicted octanol–water partition coefficient (Wildman–Crippen LogP) is 6.08. The molecule has 0 radical (unpaired) electrons. The molecule has 1 aliphatic rings. The van der Waals surface area contributed by atoms with Crippen molar-refractivity contribution in [1.29, 1.82) is 0 Å². The fraction of sp³-hybridized carbons (Fsp3) is 0.0833. The molecule has 0 aliphatic carbocycles. The van der Waals surface area contributed by atoms with Gasteiger partial charge in [0.15, 0.2) is 11.5 Å². The van der Waals surface area contributed by atoms with Crippen molar-refractivity contribution in [2.24, 2.45) is 0 Å². The summed E-state index contributed by atoms with van der Waals surface area (Å²) in [6, 6.07) is 19.7. The molecule has 1 N–H and O–H groups in total. The lowest BCUT2D eigenvalue weighted by Crippen LogP contribution is -2.31. The van der Waals surface area contributed by atoms with Gasteiger partial charge in [0.2, 0.25) is 0 Å². The first-order chi connectivity index (χ1) is 14.4. The number of hydrogen-bond acceptors (Lipinski definition) is 3. The third-order valence-corrected chi connectivity index (χ3v) is 5.57. The molecule has 1 atom stereocenters. The first-order valence-electron chi connectivity index (χ1n) is 9.26. The number of anilines is 1. The van der Waals surface area contributed by atoms with Gasteiger partial charge in [0, 0.05) is 21.3 Å². The van der Waals surface area contributed by atoms with E-state index in [-0.39, 0.29) is 5.57 Å². The van der Waals surface area contributed by atoms with Crippen molar-refractivity contribution in [3.05, 3.63) is 111 Å². The number of benzene rings is 3. The van der Waals surface area contributed by atoms with E-state index >= 15 is 0 Å². The van der Waals surface area contributed by atoms with Gasteiger partial charge >= 0.3 is 0 Å². The summed E-state index contributed by atoms with van der Waals surface area (Å²) < 4.78 is 0. The zero-order chi connectivity index (χ0) is 21.4. The number of nitrogens with zero attached hydrogens (tertiary/aromatic N) is 1. The van der Waals surface area contributed by atoms with E-state index in [0.29, 0.717) is 26.9 Å². The average molecular weight is 438 g/mol. The van der Waals surface area contributed by atoms with Crippen molar-refractivity contribution in [1.82, 2.24) is 0 Å². The highest BCUT2D eigenvalue weighted by Gasteiger charge is 2.45. The number of carbonyl (C=O) groups is 2. The van der Waals surface area contributed by atoms with Crippen molar-refractivity contribution < 1.29 is 14.7 Å². The third-order valence-electron chi connectivity index (χ3n) is 5.10. The van der Waals surface area contributed by atoms with Gasteiger partial charge in [-0.3, -0.25) is 14.5 Å². The van der Waals surface area contributed by atoms with Crippen LogP contribution in [-0.4, -0.2) is 16.8 Å². The summed E-state index contributed by atoms with van der Waals surface area (Å²) in [5.74, 6) is -1.63. The largest absolute Gasteiger partial charge is 0.503 e. The standard InChI is InChI=1S/C24H17Cl2NO3/c1-14-12-17(26)10-11-19(14)21-20(22(28)15-6-3-2-4-7-15)23(29)24(30)27(21)18-9-5-8-16(25)13-18/h2-13,21,29H,1H3. The van der Waals surface area contributed by atoms with Crippen LogP contribution in [0.2, 0.25) is 10.0 Å². The van der Waals surface area contributed by atoms with Gasteiger partial charge in [-0.2, -0.15) is 0 Å².